The van der Waals surface area contributed by atoms with Crippen LogP contribution < -0.4 is 0 Å². The molecule has 2 rings (SSSR count). The monoisotopic (exact) mass is 380 g/mol. The van der Waals surface area contributed by atoms with Crippen LogP contribution in [-0.4, -0.2) is 16.2 Å². The van der Waals surface area contributed by atoms with E-state index in [1.165, 1.54) is 24.0 Å². The molecule has 0 bridgehead atoms. The number of aryl methyl sites for hydroxylation is 2. The van der Waals surface area contributed by atoms with Crippen molar-refractivity contribution in [2.24, 2.45) is 0 Å². The van der Waals surface area contributed by atoms with Gasteiger partial charge in [-0.3, -0.25) is 0 Å². The van der Waals surface area contributed by atoms with E-state index in [9.17, 15) is 9.90 Å². The summed E-state index contributed by atoms with van der Waals surface area (Å²) in [5, 5.41) is 19.3. The lowest BCUT2D eigenvalue weighted by Crippen LogP contribution is -2.19. The molecular formula is C25H32O3. The van der Waals surface area contributed by atoms with Gasteiger partial charge in [0.05, 0.1) is 0 Å². The first-order valence-electron chi connectivity index (χ1n) is 10.1. The number of carboxylic acids is 1. The van der Waals surface area contributed by atoms with Crippen molar-refractivity contribution in [1.82, 2.24) is 0 Å². The molecule has 0 spiro atoms. The van der Waals surface area contributed by atoms with Crippen LogP contribution in [0.1, 0.15) is 69.2 Å². The second kappa shape index (κ2) is 9.09. The summed E-state index contributed by atoms with van der Waals surface area (Å²) in [4.78, 5) is 10.8. The minimum Gasteiger partial charge on any atom is -0.507 e. The average molecular weight is 381 g/mol. The standard InChI is InChI=1S/C25H32O3/c1-6-8-13-25(4,5)22-14-17(3)20(16-19(22)7-2)21-15-18(9-11-23(21)26)10-12-24(27)28/h9-12,14-16,26H,6-8,13H2,1-5H3,(H,27,28)/b12-10+. The number of rotatable bonds is 8. The minimum atomic E-state index is -0.988. The number of phenolic OH excluding ortho intramolecular Hbond substituents is 1. The molecule has 0 radical (unpaired) electrons. The highest BCUT2D eigenvalue weighted by Crippen LogP contribution is 2.39. The lowest BCUT2D eigenvalue weighted by Gasteiger charge is -2.29. The predicted octanol–water partition coefficient (Wildman–Crippen LogP) is 6.50. The Morgan fingerprint density at radius 2 is 1.82 bits per heavy atom. The maximum Gasteiger partial charge on any atom is 0.328 e. The van der Waals surface area contributed by atoms with Gasteiger partial charge in [-0.1, -0.05) is 58.7 Å². The zero-order valence-corrected chi connectivity index (χ0v) is 17.7. The van der Waals surface area contributed by atoms with Gasteiger partial charge >= 0.3 is 5.97 Å². The predicted molar refractivity (Wildman–Crippen MR) is 117 cm³/mol. The fourth-order valence-corrected chi connectivity index (χ4v) is 3.76. The molecule has 0 heterocycles. The van der Waals surface area contributed by atoms with Gasteiger partial charge in [-0.05, 0) is 71.2 Å². The summed E-state index contributed by atoms with van der Waals surface area (Å²) in [6.07, 6.45) is 7.12. The molecule has 0 aliphatic rings. The highest BCUT2D eigenvalue weighted by molar-refractivity contribution is 5.86. The molecule has 0 atom stereocenters. The van der Waals surface area contributed by atoms with Crippen LogP contribution in [-0.2, 0) is 16.6 Å². The van der Waals surface area contributed by atoms with Crippen LogP contribution >= 0.6 is 0 Å². The van der Waals surface area contributed by atoms with E-state index in [0.29, 0.717) is 0 Å². The van der Waals surface area contributed by atoms with Gasteiger partial charge in [0, 0.05) is 11.6 Å². The molecule has 0 aromatic heterocycles. The van der Waals surface area contributed by atoms with Crippen molar-refractivity contribution in [3.8, 4) is 16.9 Å². The average Bonchev–Trinajstić information content (AvgIpc) is 2.65. The molecule has 0 aliphatic heterocycles. The normalized spacial score (nSPS) is 11.9. The summed E-state index contributed by atoms with van der Waals surface area (Å²) in [5.41, 5.74) is 6.39. The summed E-state index contributed by atoms with van der Waals surface area (Å²) < 4.78 is 0. The second-order valence-corrected chi connectivity index (χ2v) is 8.11. The number of hydrogen-bond donors (Lipinski definition) is 2. The third kappa shape index (κ3) is 5.03. The molecule has 0 saturated carbocycles. The minimum absolute atomic E-state index is 0.110. The highest BCUT2D eigenvalue weighted by Gasteiger charge is 2.24. The zero-order valence-electron chi connectivity index (χ0n) is 17.7. The van der Waals surface area contributed by atoms with Crippen molar-refractivity contribution >= 4 is 12.0 Å². The van der Waals surface area contributed by atoms with Crippen LogP contribution in [0.5, 0.6) is 5.75 Å². The molecule has 3 heteroatoms. The molecule has 2 N–H and O–H groups in total. The largest absolute Gasteiger partial charge is 0.507 e. The third-order valence-corrected chi connectivity index (χ3v) is 5.44. The van der Waals surface area contributed by atoms with E-state index in [2.05, 4.69) is 46.8 Å². The number of unbranched alkanes of at least 4 members (excludes halogenated alkanes) is 1. The second-order valence-electron chi connectivity index (χ2n) is 8.11. The Balaban J connectivity index is 2.56. The molecular weight excluding hydrogens is 348 g/mol. The first-order chi connectivity index (χ1) is 13.2. The summed E-state index contributed by atoms with van der Waals surface area (Å²) in [6.45, 7) is 11.1. The van der Waals surface area contributed by atoms with Gasteiger partial charge in [0.1, 0.15) is 5.75 Å². The van der Waals surface area contributed by atoms with E-state index in [0.717, 1.165) is 41.2 Å². The van der Waals surface area contributed by atoms with E-state index in [1.54, 1.807) is 18.2 Å². The van der Waals surface area contributed by atoms with Crippen LogP contribution in [0.2, 0.25) is 0 Å². The summed E-state index contributed by atoms with van der Waals surface area (Å²) in [6, 6.07) is 9.65. The van der Waals surface area contributed by atoms with Gasteiger partial charge < -0.3 is 10.2 Å². The molecule has 2 aromatic carbocycles. The zero-order chi connectivity index (χ0) is 20.9. The van der Waals surface area contributed by atoms with Gasteiger partial charge in [-0.25, -0.2) is 4.79 Å². The molecule has 0 saturated heterocycles. The van der Waals surface area contributed by atoms with Crippen LogP contribution in [0.4, 0.5) is 0 Å². The summed E-state index contributed by atoms with van der Waals surface area (Å²) in [7, 11) is 0. The van der Waals surface area contributed by atoms with Crippen LogP contribution in [0.3, 0.4) is 0 Å². The number of benzene rings is 2. The quantitative estimate of drug-likeness (QED) is 0.514. The van der Waals surface area contributed by atoms with Crippen molar-refractivity contribution in [3.63, 3.8) is 0 Å². The smallest absolute Gasteiger partial charge is 0.328 e. The summed E-state index contributed by atoms with van der Waals surface area (Å²) >= 11 is 0. The Bertz CT molecular complexity index is 876. The van der Waals surface area contributed by atoms with E-state index in [4.69, 9.17) is 5.11 Å². The Kier molecular flexibility index (Phi) is 7.06. The fraction of sp³-hybridized carbons (Fsp3) is 0.400. The van der Waals surface area contributed by atoms with Crippen molar-refractivity contribution < 1.29 is 15.0 Å². The van der Waals surface area contributed by atoms with E-state index < -0.39 is 5.97 Å². The van der Waals surface area contributed by atoms with Gasteiger partial charge in [-0.15, -0.1) is 0 Å². The molecule has 2 aromatic rings. The van der Waals surface area contributed by atoms with Gasteiger partial charge in [0.15, 0.2) is 0 Å². The number of aromatic hydroxyl groups is 1. The topological polar surface area (TPSA) is 57.5 Å². The molecule has 0 aliphatic carbocycles. The highest BCUT2D eigenvalue weighted by atomic mass is 16.4. The number of carbonyl (C=O) groups is 1. The van der Waals surface area contributed by atoms with Gasteiger partial charge in [0.2, 0.25) is 0 Å². The number of aliphatic carboxylic acids is 1. The lowest BCUT2D eigenvalue weighted by atomic mass is 9.75. The van der Waals surface area contributed by atoms with Crippen molar-refractivity contribution in [1.29, 1.82) is 0 Å². The maximum absolute atomic E-state index is 10.8. The Labute approximate surface area is 168 Å². The number of phenols is 1. The number of carboxylic acid groups (broad SMARTS) is 1. The fourth-order valence-electron chi connectivity index (χ4n) is 3.76. The molecule has 28 heavy (non-hydrogen) atoms. The van der Waals surface area contributed by atoms with E-state index >= 15 is 0 Å². The lowest BCUT2D eigenvalue weighted by molar-refractivity contribution is -0.131. The number of hydrogen-bond acceptors (Lipinski definition) is 2. The third-order valence-electron chi connectivity index (χ3n) is 5.44. The molecule has 0 unspecified atom stereocenters. The van der Waals surface area contributed by atoms with Crippen LogP contribution in [0.25, 0.3) is 17.2 Å². The Morgan fingerprint density at radius 1 is 1.11 bits per heavy atom. The van der Waals surface area contributed by atoms with Crippen LogP contribution in [0, 0.1) is 6.92 Å². The van der Waals surface area contributed by atoms with Crippen LogP contribution in [0.15, 0.2) is 36.4 Å². The maximum atomic E-state index is 10.8. The molecule has 150 valence electrons. The van der Waals surface area contributed by atoms with Gasteiger partial charge in [-0.2, -0.15) is 0 Å². The molecule has 3 nitrogen and oxygen atoms in total. The Hall–Kier alpha value is -2.55. The summed E-state index contributed by atoms with van der Waals surface area (Å²) in [5.74, 6) is -0.784. The first-order valence-corrected chi connectivity index (χ1v) is 10.1. The van der Waals surface area contributed by atoms with Crippen molar-refractivity contribution in [2.45, 2.75) is 65.7 Å². The SMILES string of the molecule is CCCCC(C)(C)c1cc(C)c(-c2cc(/C=C/C(=O)O)ccc2O)cc1CC. The van der Waals surface area contributed by atoms with E-state index in [1.807, 2.05) is 6.07 Å². The Morgan fingerprint density at radius 3 is 2.43 bits per heavy atom. The van der Waals surface area contributed by atoms with Crippen molar-refractivity contribution in [3.05, 3.63) is 58.7 Å². The molecule has 0 amide bonds. The van der Waals surface area contributed by atoms with E-state index in [-0.39, 0.29) is 11.2 Å². The van der Waals surface area contributed by atoms with Gasteiger partial charge in [0.25, 0.3) is 0 Å². The molecule has 0 fully saturated rings. The first kappa shape index (κ1) is 21.7. The van der Waals surface area contributed by atoms with Crippen molar-refractivity contribution in [2.75, 3.05) is 0 Å².